The zero-order valence-corrected chi connectivity index (χ0v) is 16.4. The van der Waals surface area contributed by atoms with Gasteiger partial charge < -0.3 is 4.90 Å². The lowest BCUT2D eigenvalue weighted by Crippen LogP contribution is -2.39. The number of hydrogen-bond donors (Lipinski definition) is 0. The molecule has 1 aromatic heterocycles. The van der Waals surface area contributed by atoms with Crippen molar-refractivity contribution in [3.63, 3.8) is 0 Å². The van der Waals surface area contributed by atoms with E-state index in [4.69, 9.17) is 0 Å². The Morgan fingerprint density at radius 1 is 1.19 bits per heavy atom. The first-order valence-corrected chi connectivity index (χ1v) is 9.43. The average molecular weight is 433 g/mol. The molecule has 1 aliphatic heterocycles. The zero-order valence-electron chi connectivity index (χ0n) is 16.4. The van der Waals surface area contributed by atoms with Gasteiger partial charge in [-0.3, -0.25) is 15.1 Å². The van der Waals surface area contributed by atoms with E-state index < -0.39 is 28.2 Å². The second kappa shape index (κ2) is 9.11. The highest BCUT2D eigenvalue weighted by Gasteiger charge is 2.34. The van der Waals surface area contributed by atoms with Crippen molar-refractivity contribution >= 4 is 22.7 Å². The molecule has 2 aromatic rings. The first-order valence-electron chi connectivity index (χ1n) is 9.43. The maximum absolute atomic E-state index is 14.4. The lowest BCUT2D eigenvalue weighted by molar-refractivity contribution is -0.419. The van der Waals surface area contributed by atoms with Gasteiger partial charge in [0.05, 0.1) is 22.2 Å². The number of fused-ring (bicyclic) bond motifs is 1. The summed E-state index contributed by atoms with van der Waals surface area (Å²) >= 11 is 0. The third-order valence-corrected chi connectivity index (χ3v) is 4.83. The lowest BCUT2D eigenvalue weighted by atomic mass is 10.0. The molecule has 0 N–H and O–H groups in total. The molecule has 9 heteroatoms. The van der Waals surface area contributed by atoms with E-state index in [1.54, 1.807) is 35.4 Å². The van der Waals surface area contributed by atoms with Gasteiger partial charge in [-0.2, -0.15) is 0 Å². The molecule has 1 aromatic carbocycles. The number of anilines is 1. The van der Waals surface area contributed by atoms with Crippen LogP contribution in [0.2, 0.25) is 0 Å². The Balaban J connectivity index is 1.96. The van der Waals surface area contributed by atoms with Crippen LogP contribution in [-0.2, 0) is 0 Å². The first-order chi connectivity index (χ1) is 14.7. The van der Waals surface area contributed by atoms with Gasteiger partial charge in [0.15, 0.2) is 0 Å². The molecule has 5 nitrogen and oxygen atoms in total. The fraction of sp³-hybridized carbons (Fsp3) is 0.227. The number of allylic oxidation sites excluding steroid dienone is 5. The van der Waals surface area contributed by atoms with Gasteiger partial charge in [0.1, 0.15) is 11.7 Å². The molecule has 1 saturated heterocycles. The van der Waals surface area contributed by atoms with Crippen LogP contribution in [0.3, 0.4) is 0 Å². The van der Waals surface area contributed by atoms with Crippen LogP contribution >= 0.6 is 0 Å². The van der Waals surface area contributed by atoms with Crippen LogP contribution in [0.4, 0.5) is 23.2 Å². The molecule has 162 valence electrons. The van der Waals surface area contributed by atoms with E-state index in [0.717, 1.165) is 12.2 Å². The summed E-state index contributed by atoms with van der Waals surface area (Å²) in [5, 5.41) is 11.4. The Morgan fingerprint density at radius 3 is 2.55 bits per heavy atom. The molecule has 0 aliphatic carbocycles. The Labute approximate surface area is 175 Å². The predicted molar refractivity (Wildman–Crippen MR) is 112 cm³/mol. The highest BCUT2D eigenvalue weighted by Crippen LogP contribution is 2.34. The Hall–Kier alpha value is -3.49. The topological polar surface area (TPSA) is 59.3 Å². The largest absolute Gasteiger partial charge is 0.369 e. The molecule has 0 spiro atoms. The second-order valence-electron chi connectivity index (χ2n) is 7.05. The van der Waals surface area contributed by atoms with E-state index in [2.05, 4.69) is 11.6 Å². The van der Waals surface area contributed by atoms with E-state index in [1.165, 1.54) is 0 Å². The molecule has 0 radical (unpaired) electrons. The molecule has 1 aliphatic rings. The average Bonchev–Trinajstić information content (AvgIpc) is 2.71. The van der Waals surface area contributed by atoms with Crippen LogP contribution in [0.5, 0.6) is 0 Å². The van der Waals surface area contributed by atoms with E-state index in [0.29, 0.717) is 34.3 Å². The number of nitrogens with zero attached hydrogens (tertiary/aromatic N) is 3. The van der Waals surface area contributed by atoms with Crippen molar-refractivity contribution in [1.29, 1.82) is 0 Å². The number of benzene rings is 1. The van der Waals surface area contributed by atoms with Crippen LogP contribution < -0.4 is 4.90 Å². The summed E-state index contributed by atoms with van der Waals surface area (Å²) in [5.74, 6) is -4.84. The van der Waals surface area contributed by atoms with Crippen molar-refractivity contribution in [1.82, 2.24) is 4.98 Å². The number of pyridine rings is 1. The van der Waals surface area contributed by atoms with Gasteiger partial charge in [-0.1, -0.05) is 12.6 Å². The first kappa shape index (κ1) is 22.2. The molecule has 1 fully saturated rings. The molecule has 2 heterocycles. The van der Waals surface area contributed by atoms with Gasteiger partial charge in [-0.25, -0.2) is 17.6 Å². The molecule has 31 heavy (non-hydrogen) atoms. The van der Waals surface area contributed by atoms with Gasteiger partial charge in [0.2, 0.25) is 0 Å². The number of nitro groups is 1. The van der Waals surface area contributed by atoms with Crippen molar-refractivity contribution in [2.24, 2.45) is 0 Å². The summed E-state index contributed by atoms with van der Waals surface area (Å²) in [6.07, 6.45) is 3.97. The van der Waals surface area contributed by atoms with E-state index in [1.807, 2.05) is 0 Å². The minimum absolute atomic E-state index is 0.124. The van der Waals surface area contributed by atoms with Crippen LogP contribution in [-0.4, -0.2) is 28.9 Å². The number of rotatable bonds is 6. The third-order valence-electron chi connectivity index (χ3n) is 4.83. The van der Waals surface area contributed by atoms with Gasteiger partial charge in [-0.15, -0.1) is 0 Å². The maximum Gasteiger partial charge on any atom is 0.271 e. The molecule has 3 rings (SSSR count). The van der Waals surface area contributed by atoms with Crippen LogP contribution in [0.25, 0.3) is 17.0 Å². The van der Waals surface area contributed by atoms with Gasteiger partial charge in [0.25, 0.3) is 11.6 Å². The number of hydrogen-bond acceptors (Lipinski definition) is 4. The van der Waals surface area contributed by atoms with Crippen molar-refractivity contribution in [2.75, 3.05) is 18.0 Å². The van der Waals surface area contributed by atoms with Crippen LogP contribution in [0.1, 0.15) is 18.4 Å². The summed E-state index contributed by atoms with van der Waals surface area (Å²) < 4.78 is 55.4. The fourth-order valence-corrected chi connectivity index (χ4v) is 3.30. The summed E-state index contributed by atoms with van der Waals surface area (Å²) in [6, 6.07) is 6.69. The van der Waals surface area contributed by atoms with E-state index >= 15 is 0 Å². The van der Waals surface area contributed by atoms with Crippen molar-refractivity contribution in [3.05, 3.63) is 88.3 Å². The minimum atomic E-state index is -2.72. The molecule has 0 bridgehead atoms. The fourth-order valence-electron chi connectivity index (χ4n) is 3.30. The highest BCUT2D eigenvalue weighted by molar-refractivity contribution is 5.93. The number of alkyl halides is 2. The predicted octanol–water partition coefficient (Wildman–Crippen LogP) is 5.98. The summed E-state index contributed by atoms with van der Waals surface area (Å²) in [6.45, 7) is 3.45. The Morgan fingerprint density at radius 2 is 1.90 bits per heavy atom. The monoisotopic (exact) mass is 433 g/mol. The highest BCUT2D eigenvalue weighted by atomic mass is 19.3. The SMILES string of the molecule is C=C\C(=C/C(F)=C/C(F)=C/c1cc(N2CCC(F)(F)CC2)c2ncccc2c1)[N+](=O)[O-]. The minimum Gasteiger partial charge on any atom is -0.369 e. The molecular formula is C22H19F4N3O2. The number of piperidine rings is 1. The van der Waals surface area contributed by atoms with Gasteiger partial charge in [0, 0.05) is 49.7 Å². The van der Waals surface area contributed by atoms with Crippen molar-refractivity contribution in [3.8, 4) is 0 Å². The number of aromatic nitrogens is 1. The Bertz CT molecular complexity index is 1100. The summed E-state index contributed by atoms with van der Waals surface area (Å²) in [7, 11) is 0. The maximum atomic E-state index is 14.4. The zero-order chi connectivity index (χ0) is 22.6. The van der Waals surface area contributed by atoms with Crippen LogP contribution in [0.15, 0.2) is 72.6 Å². The lowest BCUT2D eigenvalue weighted by Gasteiger charge is -2.34. The number of halogens is 4. The van der Waals surface area contributed by atoms with Crippen molar-refractivity contribution in [2.45, 2.75) is 18.8 Å². The molecule has 0 unspecified atom stereocenters. The van der Waals surface area contributed by atoms with E-state index in [-0.39, 0.29) is 25.9 Å². The molecule has 0 saturated carbocycles. The molecule has 0 atom stereocenters. The third kappa shape index (κ3) is 5.56. The summed E-state index contributed by atoms with van der Waals surface area (Å²) in [4.78, 5) is 16.0. The standard InChI is InChI=1S/C22H19F4N3O2/c1-2-19(29(30)31)14-18(24)13-17(23)11-15-10-16-4-3-7-27-21(16)20(12-15)28-8-5-22(25,26)6-9-28/h2-4,7,10-14H,1,5-6,8-9H2/b17-11-,18-13-,19-14+. The van der Waals surface area contributed by atoms with Crippen LogP contribution in [0, 0.1) is 10.1 Å². The quantitative estimate of drug-likeness (QED) is 0.243. The van der Waals surface area contributed by atoms with Crippen molar-refractivity contribution < 1.29 is 22.5 Å². The Kier molecular flexibility index (Phi) is 6.53. The normalized spacial score (nSPS) is 17.7. The van der Waals surface area contributed by atoms with Gasteiger partial charge in [-0.05, 0) is 29.8 Å². The second-order valence-corrected chi connectivity index (χ2v) is 7.05. The van der Waals surface area contributed by atoms with Gasteiger partial charge >= 0.3 is 0 Å². The van der Waals surface area contributed by atoms with E-state index in [9.17, 15) is 27.7 Å². The molecular weight excluding hydrogens is 414 g/mol. The summed E-state index contributed by atoms with van der Waals surface area (Å²) in [5.41, 5.74) is 0.940. The molecule has 0 amide bonds. The smallest absolute Gasteiger partial charge is 0.271 e.